The first-order valence-electron chi connectivity index (χ1n) is 6.47. The van der Waals surface area contributed by atoms with Crippen molar-refractivity contribution in [3.63, 3.8) is 0 Å². The monoisotopic (exact) mass is 227 g/mol. The van der Waals surface area contributed by atoms with Gasteiger partial charge in [0.15, 0.2) is 0 Å². The van der Waals surface area contributed by atoms with Gasteiger partial charge >= 0.3 is 5.97 Å². The highest BCUT2D eigenvalue weighted by atomic mass is 16.4. The average molecular weight is 227 g/mol. The van der Waals surface area contributed by atoms with Crippen molar-refractivity contribution < 1.29 is 9.90 Å². The second-order valence-electron chi connectivity index (χ2n) is 4.18. The zero-order chi connectivity index (χ0) is 12.1. The summed E-state index contributed by atoms with van der Waals surface area (Å²) in [7, 11) is 0. The molecule has 0 aliphatic carbocycles. The summed E-state index contributed by atoms with van der Waals surface area (Å²) >= 11 is 0. The van der Waals surface area contributed by atoms with Gasteiger partial charge in [0, 0.05) is 0 Å². The van der Waals surface area contributed by atoms with Gasteiger partial charge in [0.05, 0.1) is 0 Å². The van der Waals surface area contributed by atoms with E-state index in [-0.39, 0.29) is 6.54 Å². The third kappa shape index (κ3) is 13.1. The Morgan fingerprint density at radius 2 is 1.62 bits per heavy atom. The Morgan fingerprint density at radius 3 is 2.19 bits per heavy atom. The summed E-state index contributed by atoms with van der Waals surface area (Å²) in [5.41, 5.74) is 0. The zero-order valence-electron chi connectivity index (χ0n) is 10.5. The van der Waals surface area contributed by atoms with Crippen molar-refractivity contribution in [3.8, 4) is 0 Å². The molecule has 0 fully saturated rings. The molecule has 94 valence electrons. The van der Waals surface area contributed by atoms with Gasteiger partial charge in [0.1, 0.15) is 6.54 Å². The fraction of sp³-hybridized carbons (Fsp3) is 0.846. The van der Waals surface area contributed by atoms with Crippen LogP contribution in [0.3, 0.4) is 0 Å². The van der Waals surface area contributed by atoms with E-state index in [1.165, 1.54) is 44.9 Å². The lowest BCUT2D eigenvalue weighted by Crippen LogP contribution is -1.98. The summed E-state index contributed by atoms with van der Waals surface area (Å²) in [6.07, 6.45) is 13.1. The van der Waals surface area contributed by atoms with Gasteiger partial charge in [-0.25, -0.2) is 0 Å². The van der Waals surface area contributed by atoms with Gasteiger partial charge in [-0.2, -0.15) is 0 Å². The maximum Gasteiger partial charge on any atom is 0.325 e. The van der Waals surface area contributed by atoms with Crippen molar-refractivity contribution in [3.05, 3.63) is 0 Å². The van der Waals surface area contributed by atoms with Gasteiger partial charge in [0.25, 0.3) is 0 Å². The number of aliphatic imine (C=N–C) groups is 1. The molecule has 0 aliphatic heterocycles. The molecule has 16 heavy (non-hydrogen) atoms. The minimum absolute atomic E-state index is 0.0863. The van der Waals surface area contributed by atoms with E-state index >= 15 is 0 Å². The van der Waals surface area contributed by atoms with Gasteiger partial charge < -0.3 is 5.11 Å². The van der Waals surface area contributed by atoms with E-state index in [0.29, 0.717) is 0 Å². The van der Waals surface area contributed by atoms with Crippen LogP contribution >= 0.6 is 0 Å². The molecule has 3 nitrogen and oxygen atoms in total. The maximum absolute atomic E-state index is 10.1. The number of carboxylic acid groups (broad SMARTS) is 1. The van der Waals surface area contributed by atoms with Crippen molar-refractivity contribution >= 4 is 12.2 Å². The molecule has 0 saturated carbocycles. The molecule has 0 rings (SSSR count). The van der Waals surface area contributed by atoms with Gasteiger partial charge in [-0.3, -0.25) is 9.79 Å². The summed E-state index contributed by atoms with van der Waals surface area (Å²) in [6, 6.07) is 0. The molecule has 0 saturated heterocycles. The Morgan fingerprint density at radius 1 is 1.06 bits per heavy atom. The van der Waals surface area contributed by atoms with Gasteiger partial charge in [-0.05, 0) is 19.1 Å². The first-order valence-corrected chi connectivity index (χ1v) is 6.47. The molecule has 0 aromatic rings. The largest absolute Gasteiger partial charge is 0.480 e. The van der Waals surface area contributed by atoms with Crippen molar-refractivity contribution in [2.75, 3.05) is 6.54 Å². The van der Waals surface area contributed by atoms with E-state index in [0.717, 1.165) is 12.8 Å². The van der Waals surface area contributed by atoms with Crippen LogP contribution in [0.1, 0.15) is 64.7 Å². The van der Waals surface area contributed by atoms with Crippen LogP contribution < -0.4 is 0 Å². The highest BCUT2D eigenvalue weighted by molar-refractivity contribution is 5.71. The molecular formula is C13H25NO2. The molecule has 0 spiro atoms. The summed E-state index contributed by atoms with van der Waals surface area (Å²) in [5.74, 6) is -0.854. The van der Waals surface area contributed by atoms with Gasteiger partial charge in [-0.1, -0.05) is 51.9 Å². The average Bonchev–Trinajstić information content (AvgIpc) is 2.25. The van der Waals surface area contributed by atoms with Crippen LogP contribution in [-0.4, -0.2) is 23.8 Å². The lowest BCUT2D eigenvalue weighted by atomic mass is 10.1. The number of hydrogen-bond donors (Lipinski definition) is 1. The highest BCUT2D eigenvalue weighted by Crippen LogP contribution is 2.08. The molecule has 0 amide bonds. The number of hydrogen-bond acceptors (Lipinski definition) is 2. The fourth-order valence-electron chi connectivity index (χ4n) is 1.60. The Bertz CT molecular complexity index is 190. The first kappa shape index (κ1) is 15.1. The number of carboxylic acids is 1. The van der Waals surface area contributed by atoms with Crippen LogP contribution in [0.5, 0.6) is 0 Å². The van der Waals surface area contributed by atoms with Crippen LogP contribution in [0.2, 0.25) is 0 Å². The number of unbranched alkanes of at least 4 members (excludes halogenated alkanes) is 8. The van der Waals surface area contributed by atoms with Crippen molar-refractivity contribution in [2.24, 2.45) is 4.99 Å². The summed E-state index contributed by atoms with van der Waals surface area (Å²) < 4.78 is 0. The van der Waals surface area contributed by atoms with Gasteiger partial charge in [0.2, 0.25) is 0 Å². The number of carbonyl (C=O) groups is 1. The van der Waals surface area contributed by atoms with E-state index in [1.54, 1.807) is 6.21 Å². The lowest BCUT2D eigenvalue weighted by molar-refractivity contribution is -0.135. The molecule has 0 bridgehead atoms. The Balaban J connectivity index is 3.03. The topological polar surface area (TPSA) is 49.7 Å². The predicted octanol–water partition coefficient (Wildman–Crippen LogP) is 3.67. The quantitative estimate of drug-likeness (QED) is 0.432. The molecular weight excluding hydrogens is 202 g/mol. The summed E-state index contributed by atoms with van der Waals surface area (Å²) in [4.78, 5) is 14.0. The lowest BCUT2D eigenvalue weighted by Gasteiger charge is -1.99. The fourth-order valence-corrected chi connectivity index (χ4v) is 1.60. The molecule has 0 atom stereocenters. The zero-order valence-corrected chi connectivity index (χ0v) is 10.5. The molecule has 0 aromatic heterocycles. The molecule has 0 unspecified atom stereocenters. The Kier molecular flexibility index (Phi) is 11.6. The molecule has 1 N–H and O–H groups in total. The molecule has 3 heteroatoms. The normalized spacial score (nSPS) is 11.1. The Hall–Kier alpha value is -0.860. The Labute approximate surface area is 99.0 Å². The third-order valence-corrected chi connectivity index (χ3v) is 2.54. The summed E-state index contributed by atoms with van der Waals surface area (Å²) in [5, 5.41) is 8.34. The highest BCUT2D eigenvalue weighted by Gasteiger charge is 1.91. The molecule has 0 heterocycles. The van der Waals surface area contributed by atoms with Crippen LogP contribution in [0.25, 0.3) is 0 Å². The smallest absolute Gasteiger partial charge is 0.325 e. The van der Waals surface area contributed by atoms with E-state index in [9.17, 15) is 4.79 Å². The minimum Gasteiger partial charge on any atom is -0.480 e. The van der Waals surface area contributed by atoms with Crippen molar-refractivity contribution in [1.29, 1.82) is 0 Å². The van der Waals surface area contributed by atoms with Crippen LogP contribution in [0.15, 0.2) is 4.99 Å². The second-order valence-corrected chi connectivity index (χ2v) is 4.18. The second kappa shape index (κ2) is 12.2. The van der Waals surface area contributed by atoms with Crippen LogP contribution in [0.4, 0.5) is 0 Å². The minimum atomic E-state index is -0.854. The SMILES string of the molecule is CCCCCCCCCCC=NCC(=O)O. The predicted molar refractivity (Wildman–Crippen MR) is 68.2 cm³/mol. The maximum atomic E-state index is 10.1. The number of aliphatic carboxylic acids is 1. The first-order chi connectivity index (χ1) is 7.77. The third-order valence-electron chi connectivity index (χ3n) is 2.54. The van der Waals surface area contributed by atoms with Gasteiger partial charge in [-0.15, -0.1) is 0 Å². The molecule has 0 radical (unpaired) electrons. The number of rotatable bonds is 11. The molecule has 0 aliphatic rings. The van der Waals surface area contributed by atoms with E-state index in [1.807, 2.05) is 0 Å². The standard InChI is InChI=1S/C13H25NO2/c1-2-3-4-5-6-7-8-9-10-11-14-12-13(15)16/h11H,2-10,12H2,1H3,(H,15,16). The van der Waals surface area contributed by atoms with Crippen LogP contribution in [0, 0.1) is 0 Å². The van der Waals surface area contributed by atoms with E-state index in [2.05, 4.69) is 11.9 Å². The van der Waals surface area contributed by atoms with E-state index in [4.69, 9.17) is 5.11 Å². The summed E-state index contributed by atoms with van der Waals surface area (Å²) in [6.45, 7) is 2.15. The molecule has 0 aromatic carbocycles. The number of nitrogens with zero attached hydrogens (tertiary/aromatic N) is 1. The van der Waals surface area contributed by atoms with Crippen LogP contribution in [-0.2, 0) is 4.79 Å². The van der Waals surface area contributed by atoms with Crippen molar-refractivity contribution in [2.45, 2.75) is 64.7 Å². The van der Waals surface area contributed by atoms with Crippen molar-refractivity contribution in [1.82, 2.24) is 0 Å². The van der Waals surface area contributed by atoms with E-state index < -0.39 is 5.97 Å².